The Morgan fingerprint density at radius 2 is 1.82 bits per heavy atom. The first-order valence-electron chi connectivity index (χ1n) is 10.1. The fourth-order valence-corrected chi connectivity index (χ4v) is 4.14. The number of rotatable bonds is 7. The third kappa shape index (κ3) is 4.20. The maximum Gasteiger partial charge on any atom is 0.234 e. The SMILES string of the molecule is COc1ccc(-c2cc3c4nnc(SCC(=O)Nc5cccc(OC)c5)n4ccn3n2)cc1. The number of thioether (sulfide) groups is 1. The summed E-state index contributed by atoms with van der Waals surface area (Å²) in [5.74, 6) is 1.53. The van der Waals surface area contributed by atoms with Gasteiger partial charge in [-0.05, 0) is 42.5 Å². The lowest BCUT2D eigenvalue weighted by atomic mass is 10.1. The molecule has 0 bridgehead atoms. The molecule has 0 aliphatic heterocycles. The van der Waals surface area contributed by atoms with Crippen molar-refractivity contribution >= 4 is 34.5 Å². The molecule has 0 aliphatic carbocycles. The molecule has 10 heteroatoms. The molecule has 5 rings (SSSR count). The van der Waals surface area contributed by atoms with Crippen LogP contribution in [0.15, 0.2) is 72.1 Å². The van der Waals surface area contributed by atoms with Crippen molar-refractivity contribution in [2.75, 3.05) is 25.3 Å². The lowest BCUT2D eigenvalue weighted by Crippen LogP contribution is -2.14. The van der Waals surface area contributed by atoms with E-state index < -0.39 is 0 Å². The molecule has 2 aromatic carbocycles. The summed E-state index contributed by atoms with van der Waals surface area (Å²) in [6.45, 7) is 0. The lowest BCUT2D eigenvalue weighted by Gasteiger charge is -2.06. The van der Waals surface area contributed by atoms with Crippen molar-refractivity contribution in [3.05, 3.63) is 67.0 Å². The van der Waals surface area contributed by atoms with Crippen molar-refractivity contribution in [1.82, 2.24) is 24.2 Å². The van der Waals surface area contributed by atoms with Gasteiger partial charge in [-0.1, -0.05) is 17.8 Å². The molecule has 0 saturated carbocycles. The summed E-state index contributed by atoms with van der Waals surface area (Å²) < 4.78 is 14.0. The molecule has 3 heterocycles. The van der Waals surface area contributed by atoms with E-state index in [1.54, 1.807) is 24.8 Å². The van der Waals surface area contributed by atoms with Crippen molar-refractivity contribution < 1.29 is 14.3 Å². The van der Waals surface area contributed by atoms with Crippen molar-refractivity contribution in [3.8, 4) is 22.8 Å². The zero-order chi connectivity index (χ0) is 22.8. The number of methoxy groups -OCH3 is 2. The smallest absolute Gasteiger partial charge is 0.234 e. The van der Waals surface area contributed by atoms with Gasteiger partial charge in [-0.3, -0.25) is 9.20 Å². The van der Waals surface area contributed by atoms with E-state index in [4.69, 9.17) is 9.47 Å². The van der Waals surface area contributed by atoms with Crippen LogP contribution in [0.5, 0.6) is 11.5 Å². The summed E-state index contributed by atoms with van der Waals surface area (Å²) in [6, 6.07) is 16.9. The molecule has 0 atom stereocenters. The Balaban J connectivity index is 1.34. The predicted octanol–water partition coefficient (Wildman–Crippen LogP) is 3.79. The van der Waals surface area contributed by atoms with Gasteiger partial charge in [0.05, 0.1) is 25.7 Å². The van der Waals surface area contributed by atoms with Gasteiger partial charge in [0.15, 0.2) is 10.8 Å². The number of aromatic nitrogens is 5. The van der Waals surface area contributed by atoms with Gasteiger partial charge in [0.1, 0.15) is 17.0 Å². The highest BCUT2D eigenvalue weighted by Gasteiger charge is 2.14. The Bertz CT molecular complexity index is 1440. The molecule has 0 unspecified atom stereocenters. The molecule has 0 aliphatic rings. The van der Waals surface area contributed by atoms with Gasteiger partial charge >= 0.3 is 0 Å². The first-order valence-corrected chi connectivity index (χ1v) is 11.1. The van der Waals surface area contributed by atoms with Gasteiger partial charge in [-0.25, -0.2) is 4.52 Å². The van der Waals surface area contributed by atoms with Crippen LogP contribution in [-0.4, -0.2) is 50.1 Å². The Morgan fingerprint density at radius 1 is 1.00 bits per heavy atom. The standard InChI is InChI=1S/C23H20N6O3S/c1-31-17-8-6-15(7-9-17)19-13-20-22-25-26-23(28(22)10-11-29(20)27-19)33-14-21(30)24-16-4-3-5-18(12-16)32-2/h3-13H,14H2,1-2H3,(H,24,30). The number of nitrogens with zero attached hydrogens (tertiary/aromatic N) is 5. The van der Waals surface area contributed by atoms with Crippen LogP contribution in [0.4, 0.5) is 5.69 Å². The largest absolute Gasteiger partial charge is 0.497 e. The second-order valence-electron chi connectivity index (χ2n) is 7.13. The van der Waals surface area contributed by atoms with Crippen molar-refractivity contribution in [2.24, 2.45) is 0 Å². The van der Waals surface area contributed by atoms with Crippen LogP contribution in [0.3, 0.4) is 0 Å². The third-order valence-electron chi connectivity index (χ3n) is 5.06. The Hall–Kier alpha value is -4.05. The third-order valence-corrected chi connectivity index (χ3v) is 6.00. The maximum absolute atomic E-state index is 12.4. The van der Waals surface area contributed by atoms with Crippen LogP contribution < -0.4 is 14.8 Å². The van der Waals surface area contributed by atoms with Crippen LogP contribution in [0, 0.1) is 0 Å². The molecular weight excluding hydrogens is 440 g/mol. The van der Waals surface area contributed by atoms with Gasteiger partial charge in [0.2, 0.25) is 5.91 Å². The van der Waals surface area contributed by atoms with Crippen molar-refractivity contribution in [1.29, 1.82) is 0 Å². The normalized spacial score (nSPS) is 11.1. The zero-order valence-corrected chi connectivity index (χ0v) is 18.7. The number of ether oxygens (including phenoxy) is 2. The van der Waals surface area contributed by atoms with E-state index in [1.807, 2.05) is 65.3 Å². The maximum atomic E-state index is 12.4. The number of hydrogen-bond donors (Lipinski definition) is 1. The molecule has 0 saturated heterocycles. The molecule has 0 spiro atoms. The molecule has 166 valence electrons. The summed E-state index contributed by atoms with van der Waals surface area (Å²) in [5, 5.41) is 16.7. The highest BCUT2D eigenvalue weighted by Crippen LogP contribution is 2.26. The summed E-state index contributed by atoms with van der Waals surface area (Å²) in [7, 11) is 3.23. The van der Waals surface area contributed by atoms with E-state index >= 15 is 0 Å². The minimum absolute atomic E-state index is 0.141. The Kier molecular flexibility index (Phi) is 5.57. The van der Waals surface area contributed by atoms with E-state index in [9.17, 15) is 4.79 Å². The molecule has 1 N–H and O–H groups in total. The first kappa shape index (κ1) is 20.8. The second-order valence-corrected chi connectivity index (χ2v) is 8.07. The van der Waals surface area contributed by atoms with Crippen LogP contribution in [0.2, 0.25) is 0 Å². The number of carbonyl (C=O) groups excluding carboxylic acids is 1. The van der Waals surface area contributed by atoms with Crippen molar-refractivity contribution in [2.45, 2.75) is 5.16 Å². The van der Waals surface area contributed by atoms with Gasteiger partial charge in [0, 0.05) is 29.7 Å². The fourth-order valence-electron chi connectivity index (χ4n) is 3.42. The average Bonchev–Trinajstić information content (AvgIpc) is 3.47. The average molecular weight is 461 g/mol. The highest BCUT2D eigenvalue weighted by atomic mass is 32.2. The fraction of sp³-hybridized carbons (Fsp3) is 0.130. The van der Waals surface area contributed by atoms with Gasteiger partial charge < -0.3 is 14.8 Å². The zero-order valence-electron chi connectivity index (χ0n) is 17.9. The number of fused-ring (bicyclic) bond motifs is 3. The highest BCUT2D eigenvalue weighted by molar-refractivity contribution is 7.99. The monoisotopic (exact) mass is 460 g/mol. The molecule has 0 radical (unpaired) electrons. The molecule has 5 aromatic rings. The molecule has 1 amide bonds. The summed E-state index contributed by atoms with van der Waals surface area (Å²) in [5.41, 5.74) is 3.96. The number of hydrogen-bond acceptors (Lipinski definition) is 7. The summed E-state index contributed by atoms with van der Waals surface area (Å²) in [4.78, 5) is 12.4. The quantitative estimate of drug-likeness (QED) is 0.369. The van der Waals surface area contributed by atoms with Crippen LogP contribution in [0.1, 0.15) is 0 Å². The Morgan fingerprint density at radius 3 is 2.61 bits per heavy atom. The molecular formula is C23H20N6O3S. The predicted molar refractivity (Wildman–Crippen MR) is 126 cm³/mol. The van der Waals surface area contributed by atoms with Gasteiger partial charge in [0.25, 0.3) is 0 Å². The van der Waals surface area contributed by atoms with Crippen LogP contribution in [0.25, 0.3) is 22.4 Å². The topological polar surface area (TPSA) is 95.0 Å². The minimum atomic E-state index is -0.141. The Labute approximate surface area is 193 Å². The van der Waals surface area contributed by atoms with E-state index in [1.165, 1.54) is 11.8 Å². The summed E-state index contributed by atoms with van der Waals surface area (Å²) in [6.07, 6.45) is 3.69. The summed E-state index contributed by atoms with van der Waals surface area (Å²) >= 11 is 1.31. The van der Waals surface area contributed by atoms with E-state index in [-0.39, 0.29) is 11.7 Å². The number of amides is 1. The molecule has 0 fully saturated rings. The first-order chi connectivity index (χ1) is 16.1. The van der Waals surface area contributed by atoms with Crippen molar-refractivity contribution in [3.63, 3.8) is 0 Å². The number of benzene rings is 2. The molecule has 9 nitrogen and oxygen atoms in total. The molecule has 33 heavy (non-hydrogen) atoms. The van der Waals surface area contributed by atoms with E-state index in [0.29, 0.717) is 22.2 Å². The van der Waals surface area contributed by atoms with E-state index in [2.05, 4.69) is 20.6 Å². The number of carbonyl (C=O) groups is 1. The molecule has 3 aromatic heterocycles. The number of nitrogens with one attached hydrogen (secondary N) is 1. The van der Waals surface area contributed by atoms with Gasteiger partial charge in [-0.15, -0.1) is 10.2 Å². The minimum Gasteiger partial charge on any atom is -0.497 e. The lowest BCUT2D eigenvalue weighted by molar-refractivity contribution is -0.113. The van der Waals surface area contributed by atoms with Crippen LogP contribution >= 0.6 is 11.8 Å². The van der Waals surface area contributed by atoms with Crippen LogP contribution in [-0.2, 0) is 4.79 Å². The van der Waals surface area contributed by atoms with E-state index in [0.717, 1.165) is 22.5 Å². The number of anilines is 1. The van der Waals surface area contributed by atoms with Gasteiger partial charge in [-0.2, -0.15) is 5.10 Å². The second kappa shape index (κ2) is 8.83.